The van der Waals surface area contributed by atoms with Crippen LogP contribution in [-0.2, 0) is 16.6 Å². The number of nitrogens with zero attached hydrogens (tertiary/aromatic N) is 4. The third kappa shape index (κ3) is 3.66. The molecule has 1 aromatic carbocycles. The standard InChI is InChI=1S/C29H27FN4O3S/c1-15-17-6-10-38-24(17)5-9-33(15)27(35)23-13-25(29(2)7-8-29)34-26(31-23)14-22(32-34)18-4-3-16(11-21(18)30)19-12-20(19)28(36)37/h3-4,6,10-11,13-15,19-20H,5,7-9,12H2,1-2H3,(H,36,37)/t15-,19+,20-/m1/s1. The molecule has 4 aromatic rings. The van der Waals surface area contributed by atoms with Gasteiger partial charge in [0.05, 0.1) is 23.3 Å². The highest BCUT2D eigenvalue weighted by atomic mass is 32.1. The summed E-state index contributed by atoms with van der Waals surface area (Å²) in [7, 11) is 0. The predicted octanol–water partition coefficient (Wildman–Crippen LogP) is 5.60. The third-order valence-corrected chi connectivity index (χ3v) is 9.60. The minimum absolute atomic E-state index is 0.0178. The maximum Gasteiger partial charge on any atom is 0.307 e. The molecule has 4 heterocycles. The molecule has 1 N–H and O–H groups in total. The monoisotopic (exact) mass is 530 g/mol. The van der Waals surface area contributed by atoms with Crippen LogP contribution < -0.4 is 0 Å². The number of thiophene rings is 1. The van der Waals surface area contributed by atoms with E-state index in [0.717, 1.165) is 25.0 Å². The van der Waals surface area contributed by atoms with Crippen LogP contribution in [0.25, 0.3) is 16.9 Å². The molecule has 9 heteroatoms. The van der Waals surface area contributed by atoms with Gasteiger partial charge in [-0.25, -0.2) is 13.9 Å². The van der Waals surface area contributed by atoms with Crippen molar-refractivity contribution < 1.29 is 19.1 Å². The number of amides is 1. The van der Waals surface area contributed by atoms with Crippen molar-refractivity contribution in [3.63, 3.8) is 0 Å². The molecule has 2 fully saturated rings. The number of hydrogen-bond donors (Lipinski definition) is 1. The Morgan fingerprint density at radius 2 is 2.00 bits per heavy atom. The topological polar surface area (TPSA) is 87.8 Å². The van der Waals surface area contributed by atoms with Crippen molar-refractivity contribution in [3.8, 4) is 11.3 Å². The average Bonchev–Trinajstić information content (AvgIpc) is 3.75. The maximum atomic E-state index is 15.2. The third-order valence-electron chi connectivity index (χ3n) is 8.61. The molecule has 7 rings (SSSR count). The van der Waals surface area contributed by atoms with Crippen molar-refractivity contribution in [2.45, 2.75) is 56.9 Å². The lowest BCUT2D eigenvalue weighted by Gasteiger charge is -2.33. The van der Waals surface area contributed by atoms with Crippen molar-refractivity contribution >= 4 is 28.9 Å². The molecule has 2 aliphatic carbocycles. The van der Waals surface area contributed by atoms with Gasteiger partial charge >= 0.3 is 5.97 Å². The molecule has 0 unspecified atom stereocenters. The Morgan fingerprint density at radius 3 is 2.71 bits per heavy atom. The molecule has 0 spiro atoms. The van der Waals surface area contributed by atoms with Crippen molar-refractivity contribution in [1.29, 1.82) is 0 Å². The van der Waals surface area contributed by atoms with Crippen molar-refractivity contribution in [2.75, 3.05) is 6.54 Å². The van der Waals surface area contributed by atoms with Crippen LogP contribution in [0.5, 0.6) is 0 Å². The fraction of sp³-hybridized carbons (Fsp3) is 0.379. The normalized spacial score (nSPS) is 23.3. The van der Waals surface area contributed by atoms with E-state index in [0.29, 0.717) is 41.1 Å². The molecule has 0 saturated heterocycles. The van der Waals surface area contributed by atoms with E-state index in [2.05, 4.69) is 25.3 Å². The van der Waals surface area contributed by atoms with Gasteiger partial charge in [-0.3, -0.25) is 9.59 Å². The van der Waals surface area contributed by atoms with E-state index < -0.39 is 17.7 Å². The van der Waals surface area contributed by atoms with Crippen LogP contribution in [0, 0.1) is 11.7 Å². The number of benzene rings is 1. The molecule has 0 bridgehead atoms. The zero-order valence-corrected chi connectivity index (χ0v) is 22.0. The highest BCUT2D eigenvalue weighted by Crippen LogP contribution is 2.49. The first-order valence-electron chi connectivity index (χ1n) is 13.0. The Morgan fingerprint density at radius 1 is 1.18 bits per heavy atom. The van der Waals surface area contributed by atoms with E-state index in [4.69, 9.17) is 10.1 Å². The minimum atomic E-state index is -0.841. The van der Waals surface area contributed by atoms with E-state index in [1.165, 1.54) is 16.5 Å². The molecule has 38 heavy (non-hydrogen) atoms. The first-order chi connectivity index (χ1) is 18.2. The molecule has 2 saturated carbocycles. The zero-order chi connectivity index (χ0) is 26.3. The van der Waals surface area contributed by atoms with Gasteiger partial charge in [-0.15, -0.1) is 11.3 Å². The Kier molecular flexibility index (Phi) is 5.08. The molecule has 1 aliphatic heterocycles. The van der Waals surface area contributed by atoms with E-state index in [9.17, 15) is 14.7 Å². The van der Waals surface area contributed by atoms with Gasteiger partial charge in [0.1, 0.15) is 11.5 Å². The summed E-state index contributed by atoms with van der Waals surface area (Å²) < 4.78 is 17.0. The number of carboxylic acid groups (broad SMARTS) is 1. The second-order valence-corrected chi connectivity index (χ2v) is 12.1. The van der Waals surface area contributed by atoms with E-state index in [1.807, 2.05) is 11.0 Å². The smallest absolute Gasteiger partial charge is 0.307 e. The predicted molar refractivity (Wildman–Crippen MR) is 141 cm³/mol. The van der Waals surface area contributed by atoms with Crippen molar-refractivity contribution in [3.05, 3.63) is 75.0 Å². The van der Waals surface area contributed by atoms with E-state index in [-0.39, 0.29) is 23.3 Å². The lowest BCUT2D eigenvalue weighted by molar-refractivity contribution is -0.138. The SMILES string of the molecule is C[C@@H]1c2ccsc2CCN1C(=O)c1cc(C2(C)CC2)n2nc(-c3ccc([C@@H]4C[C@H]4C(=O)O)cc3F)cc2n1. The van der Waals surface area contributed by atoms with Gasteiger partial charge in [0, 0.05) is 28.5 Å². The molecule has 3 aromatic heterocycles. The summed E-state index contributed by atoms with van der Waals surface area (Å²) in [6, 6.07) is 10.6. The van der Waals surface area contributed by atoms with E-state index >= 15 is 4.39 Å². The zero-order valence-electron chi connectivity index (χ0n) is 21.1. The second kappa shape index (κ2) is 8.20. The van der Waals surface area contributed by atoms with Gasteiger partial charge in [0.2, 0.25) is 0 Å². The van der Waals surface area contributed by atoms with Crippen LogP contribution in [-0.4, -0.2) is 43.0 Å². The van der Waals surface area contributed by atoms with E-state index in [1.54, 1.807) is 34.1 Å². The van der Waals surface area contributed by atoms with Crippen LogP contribution in [0.3, 0.4) is 0 Å². The van der Waals surface area contributed by atoms with Gasteiger partial charge in [-0.1, -0.05) is 13.0 Å². The molecule has 3 atom stereocenters. The lowest BCUT2D eigenvalue weighted by atomic mass is 10.00. The summed E-state index contributed by atoms with van der Waals surface area (Å²) in [5.41, 5.74) is 4.40. The molecular weight excluding hydrogens is 503 g/mol. The Labute approximate surface area is 222 Å². The molecule has 0 radical (unpaired) electrons. The number of carboxylic acids is 1. The minimum Gasteiger partial charge on any atom is -0.481 e. The molecule has 1 amide bonds. The van der Waals surface area contributed by atoms with Gasteiger partial charge in [-0.2, -0.15) is 5.10 Å². The highest BCUT2D eigenvalue weighted by Gasteiger charge is 2.45. The van der Waals surface area contributed by atoms with Crippen LogP contribution in [0.15, 0.2) is 41.8 Å². The van der Waals surface area contributed by atoms with Crippen LogP contribution >= 0.6 is 11.3 Å². The summed E-state index contributed by atoms with van der Waals surface area (Å²) in [4.78, 5) is 32.9. The van der Waals surface area contributed by atoms with Crippen LogP contribution in [0.4, 0.5) is 4.39 Å². The molecular formula is C29H27FN4O3S. The molecule has 3 aliphatic rings. The summed E-state index contributed by atoms with van der Waals surface area (Å²) in [6.45, 7) is 4.87. The maximum absolute atomic E-state index is 15.2. The number of aliphatic carboxylic acids is 1. The number of halogens is 1. The van der Waals surface area contributed by atoms with Crippen LogP contribution in [0.2, 0.25) is 0 Å². The summed E-state index contributed by atoms with van der Waals surface area (Å²) in [6.07, 6.45) is 3.36. The summed E-state index contributed by atoms with van der Waals surface area (Å²) in [5.74, 6) is -1.96. The Bertz CT molecular complexity index is 1640. The summed E-state index contributed by atoms with van der Waals surface area (Å²) in [5, 5.41) is 16.0. The van der Waals surface area contributed by atoms with Gasteiger partial charge in [0.25, 0.3) is 5.91 Å². The van der Waals surface area contributed by atoms with Crippen LogP contribution in [0.1, 0.15) is 77.3 Å². The largest absolute Gasteiger partial charge is 0.481 e. The number of hydrogen-bond acceptors (Lipinski definition) is 5. The fourth-order valence-corrected chi connectivity index (χ4v) is 6.79. The highest BCUT2D eigenvalue weighted by molar-refractivity contribution is 7.10. The summed E-state index contributed by atoms with van der Waals surface area (Å²) >= 11 is 1.74. The first kappa shape index (κ1) is 23.5. The fourth-order valence-electron chi connectivity index (χ4n) is 5.83. The number of rotatable bonds is 5. The second-order valence-electron chi connectivity index (χ2n) is 11.1. The number of aromatic nitrogens is 3. The van der Waals surface area contributed by atoms with Gasteiger partial charge in [0.15, 0.2) is 5.65 Å². The molecule has 7 nitrogen and oxygen atoms in total. The number of carbonyl (C=O) groups excluding carboxylic acids is 1. The quantitative estimate of drug-likeness (QED) is 0.363. The Balaban J connectivity index is 1.26. The number of fused-ring (bicyclic) bond motifs is 2. The van der Waals surface area contributed by atoms with Gasteiger partial charge < -0.3 is 10.0 Å². The van der Waals surface area contributed by atoms with Crippen molar-refractivity contribution in [1.82, 2.24) is 19.5 Å². The van der Waals surface area contributed by atoms with Crippen molar-refractivity contribution in [2.24, 2.45) is 5.92 Å². The lowest BCUT2D eigenvalue weighted by Crippen LogP contribution is -2.38. The van der Waals surface area contributed by atoms with Gasteiger partial charge in [-0.05, 0) is 79.3 Å². The number of carbonyl (C=O) groups is 2. The molecule has 194 valence electrons. The first-order valence-corrected chi connectivity index (χ1v) is 13.9. The average molecular weight is 531 g/mol. The Hall–Kier alpha value is -3.59.